The van der Waals surface area contributed by atoms with E-state index in [2.05, 4.69) is 191 Å². The largest absolute Gasteiger partial charge is 0.462 e. The Hall–Kier alpha value is -5.23. The van der Waals surface area contributed by atoms with Crippen LogP contribution in [0, 0.1) is 0 Å². The number of allylic oxidation sites excluding steroid dienone is 28. The summed E-state index contributed by atoms with van der Waals surface area (Å²) in [5.41, 5.74) is 0. The molecule has 6 nitrogen and oxygen atoms in total. The van der Waals surface area contributed by atoms with Crippen molar-refractivity contribution in [2.75, 3.05) is 13.2 Å². The van der Waals surface area contributed by atoms with Crippen LogP contribution >= 0.6 is 0 Å². The Morgan fingerprint density at radius 1 is 0.266 bits per heavy atom. The first-order valence-corrected chi connectivity index (χ1v) is 31.6. The number of carbonyl (C=O) groups excluding carboxylic acids is 3. The average molecular weight is 1090 g/mol. The maximum atomic E-state index is 12.9. The van der Waals surface area contributed by atoms with Gasteiger partial charge in [0.2, 0.25) is 0 Å². The molecule has 0 aliphatic rings. The average Bonchev–Trinajstić information content (AvgIpc) is 3.45. The van der Waals surface area contributed by atoms with Gasteiger partial charge in [-0.25, -0.2) is 0 Å². The lowest BCUT2D eigenvalue weighted by Gasteiger charge is -2.18. The number of carbonyl (C=O) groups is 3. The van der Waals surface area contributed by atoms with Gasteiger partial charge in [-0.1, -0.05) is 268 Å². The second-order valence-corrected chi connectivity index (χ2v) is 20.2. The Labute approximate surface area is 485 Å². The first kappa shape index (κ1) is 73.8. The summed E-state index contributed by atoms with van der Waals surface area (Å²) < 4.78 is 16.8. The normalized spacial score (nSPS) is 13.3. The van der Waals surface area contributed by atoms with Gasteiger partial charge in [-0.3, -0.25) is 14.4 Å². The van der Waals surface area contributed by atoms with Gasteiger partial charge in [0.15, 0.2) is 6.10 Å². The Kier molecular flexibility index (Phi) is 61.0. The maximum absolute atomic E-state index is 12.9. The number of esters is 3. The summed E-state index contributed by atoms with van der Waals surface area (Å²) in [6.45, 7) is 6.34. The van der Waals surface area contributed by atoms with Gasteiger partial charge in [-0.05, 0) is 135 Å². The van der Waals surface area contributed by atoms with Gasteiger partial charge < -0.3 is 14.2 Å². The Bertz CT molecular complexity index is 1820. The van der Waals surface area contributed by atoms with Crippen molar-refractivity contribution in [1.29, 1.82) is 0 Å². The van der Waals surface area contributed by atoms with Crippen molar-refractivity contribution in [3.63, 3.8) is 0 Å². The van der Waals surface area contributed by atoms with E-state index < -0.39 is 6.10 Å². The van der Waals surface area contributed by atoms with Crippen LogP contribution < -0.4 is 0 Å². The minimum atomic E-state index is -0.817. The van der Waals surface area contributed by atoms with Crippen LogP contribution in [-0.2, 0) is 28.6 Å². The molecule has 0 aromatic carbocycles. The van der Waals surface area contributed by atoms with Gasteiger partial charge >= 0.3 is 17.9 Å². The van der Waals surface area contributed by atoms with Crippen molar-refractivity contribution in [2.45, 2.75) is 258 Å². The lowest BCUT2D eigenvalue weighted by molar-refractivity contribution is -0.167. The molecule has 0 radical (unpaired) electrons. The number of unbranched alkanes of at least 4 members (excludes halogenated alkanes) is 16. The first-order valence-electron chi connectivity index (χ1n) is 31.6. The molecule has 0 spiro atoms. The highest BCUT2D eigenvalue weighted by Gasteiger charge is 2.19. The van der Waals surface area contributed by atoms with E-state index >= 15 is 0 Å². The fourth-order valence-corrected chi connectivity index (χ4v) is 8.05. The molecule has 6 heteroatoms. The maximum Gasteiger partial charge on any atom is 0.306 e. The van der Waals surface area contributed by atoms with Gasteiger partial charge in [-0.15, -0.1) is 0 Å². The third-order valence-corrected chi connectivity index (χ3v) is 12.7. The van der Waals surface area contributed by atoms with Crippen molar-refractivity contribution in [1.82, 2.24) is 0 Å². The monoisotopic (exact) mass is 1090 g/mol. The van der Waals surface area contributed by atoms with Crippen LogP contribution in [0.15, 0.2) is 170 Å². The van der Waals surface area contributed by atoms with E-state index in [-0.39, 0.29) is 37.5 Å². The van der Waals surface area contributed by atoms with Crippen LogP contribution in [0.1, 0.15) is 252 Å². The van der Waals surface area contributed by atoms with E-state index in [4.69, 9.17) is 14.2 Å². The SMILES string of the molecule is CC/C=C\C/C=C\C/C=C\C/C=C\C/C=C\C/C=C\C/C=C\C/C=C\C/C=C\CCCCCC(=O)OCC(COC(=O)CCCCCCCCCCCCC)OC(=O)CCCCC/C=C\C/C=C\C/C=C\C/C=C\C/C=C\CC. The topological polar surface area (TPSA) is 78.9 Å². The molecule has 0 bridgehead atoms. The number of hydrogen-bond acceptors (Lipinski definition) is 6. The molecule has 0 saturated heterocycles. The molecule has 0 saturated carbocycles. The van der Waals surface area contributed by atoms with E-state index in [0.29, 0.717) is 19.3 Å². The molecule has 0 N–H and O–H groups in total. The molecule has 0 amide bonds. The standard InChI is InChI=1S/C73H114O6/c1-4-7-10-13-16-19-22-24-26-28-30-31-32-33-34-35-36-37-38-39-40-41-43-44-46-48-51-54-57-60-63-66-72(75)78-69-70(68-77-71(74)65-62-59-56-53-50-21-18-15-12-9-6-3)79-73(76)67-64-61-58-55-52-49-47-45-42-29-27-25-23-20-17-14-11-8-5-2/h7-8,10-11,16-17,19-20,24-27,30-31,33-34,36-37,39-40,42-45,48-49,51-52,70H,4-6,9,12-15,18,21-23,28-29,32,35,38,41,46-47,50,53-69H2,1-3H3/b10-7-,11-8-,19-16-,20-17-,26-24-,27-25-,31-30-,34-33-,37-36-,40-39-,44-43-,45-42-,51-48-,52-49-. The Morgan fingerprint density at radius 3 is 0.772 bits per heavy atom. The van der Waals surface area contributed by atoms with E-state index in [1.165, 1.54) is 51.4 Å². The highest BCUT2D eigenvalue weighted by Crippen LogP contribution is 2.14. The first-order chi connectivity index (χ1) is 39.0. The van der Waals surface area contributed by atoms with Crippen LogP contribution in [0.2, 0.25) is 0 Å². The molecule has 0 aliphatic heterocycles. The fraction of sp³-hybridized carbons (Fsp3) is 0.575. The summed E-state index contributed by atoms with van der Waals surface area (Å²) in [5, 5.41) is 0. The van der Waals surface area contributed by atoms with Gasteiger partial charge in [-0.2, -0.15) is 0 Å². The molecule has 1 atom stereocenters. The lowest BCUT2D eigenvalue weighted by atomic mass is 10.1. The molecular weight excluding hydrogens is 973 g/mol. The van der Waals surface area contributed by atoms with Gasteiger partial charge in [0.1, 0.15) is 13.2 Å². The summed E-state index contributed by atoms with van der Waals surface area (Å²) in [4.78, 5) is 38.2. The van der Waals surface area contributed by atoms with Crippen molar-refractivity contribution >= 4 is 17.9 Å². The summed E-state index contributed by atoms with van der Waals surface area (Å²) in [6.07, 6.45) is 96.4. The van der Waals surface area contributed by atoms with Crippen molar-refractivity contribution in [3.05, 3.63) is 170 Å². The second kappa shape index (κ2) is 65.3. The quantitative estimate of drug-likeness (QED) is 0.0261. The minimum absolute atomic E-state index is 0.108. The zero-order valence-corrected chi connectivity index (χ0v) is 50.6. The highest BCUT2D eigenvalue weighted by molar-refractivity contribution is 5.71. The third kappa shape index (κ3) is 63.5. The molecule has 0 aliphatic carbocycles. The molecule has 79 heavy (non-hydrogen) atoms. The molecule has 442 valence electrons. The van der Waals surface area contributed by atoms with Gasteiger partial charge in [0.25, 0.3) is 0 Å². The van der Waals surface area contributed by atoms with E-state index in [9.17, 15) is 14.4 Å². The molecule has 0 aromatic rings. The van der Waals surface area contributed by atoms with Crippen molar-refractivity contribution in [2.24, 2.45) is 0 Å². The van der Waals surface area contributed by atoms with Crippen LogP contribution in [0.25, 0.3) is 0 Å². The van der Waals surface area contributed by atoms with E-state index in [1.54, 1.807) is 0 Å². The molecule has 0 aromatic heterocycles. The minimum Gasteiger partial charge on any atom is -0.462 e. The van der Waals surface area contributed by atoms with Crippen LogP contribution in [0.4, 0.5) is 0 Å². The predicted molar refractivity (Wildman–Crippen MR) is 343 cm³/mol. The highest BCUT2D eigenvalue weighted by atomic mass is 16.6. The lowest BCUT2D eigenvalue weighted by Crippen LogP contribution is -2.30. The molecule has 1 unspecified atom stereocenters. The smallest absolute Gasteiger partial charge is 0.306 e. The zero-order chi connectivity index (χ0) is 57.1. The predicted octanol–water partition coefficient (Wildman–Crippen LogP) is 21.9. The fourth-order valence-electron chi connectivity index (χ4n) is 8.05. The van der Waals surface area contributed by atoms with Gasteiger partial charge in [0.05, 0.1) is 0 Å². The molecule has 0 heterocycles. The number of hydrogen-bond donors (Lipinski definition) is 0. The summed E-state index contributed by atoms with van der Waals surface area (Å²) >= 11 is 0. The van der Waals surface area contributed by atoms with Crippen LogP contribution in [0.3, 0.4) is 0 Å². The molecular formula is C73H114O6. The summed E-state index contributed by atoms with van der Waals surface area (Å²) in [5.74, 6) is -0.982. The number of ether oxygens (including phenoxy) is 3. The van der Waals surface area contributed by atoms with E-state index in [0.717, 1.165) is 154 Å². The molecule has 0 rings (SSSR count). The van der Waals surface area contributed by atoms with Crippen molar-refractivity contribution in [3.8, 4) is 0 Å². The summed E-state index contributed by atoms with van der Waals surface area (Å²) in [7, 11) is 0. The summed E-state index contributed by atoms with van der Waals surface area (Å²) in [6, 6.07) is 0. The Balaban J connectivity index is 4.43. The zero-order valence-electron chi connectivity index (χ0n) is 50.6. The van der Waals surface area contributed by atoms with E-state index in [1.807, 2.05) is 0 Å². The molecule has 0 fully saturated rings. The van der Waals surface area contributed by atoms with Crippen LogP contribution in [0.5, 0.6) is 0 Å². The van der Waals surface area contributed by atoms with Crippen molar-refractivity contribution < 1.29 is 28.6 Å². The number of rotatable bonds is 55. The van der Waals surface area contributed by atoms with Crippen LogP contribution in [-0.4, -0.2) is 37.2 Å². The Morgan fingerprint density at radius 2 is 0.494 bits per heavy atom. The van der Waals surface area contributed by atoms with Gasteiger partial charge in [0, 0.05) is 19.3 Å². The second-order valence-electron chi connectivity index (χ2n) is 20.2. The third-order valence-electron chi connectivity index (χ3n) is 12.7.